The molecule has 0 aromatic heterocycles. The first-order chi connectivity index (χ1) is 11.9. The minimum atomic E-state index is -2.48. The highest BCUT2D eigenvalue weighted by atomic mass is 28.4. The average Bonchev–Trinajstić information content (AvgIpc) is 3.02. The molecule has 3 rings (SSSR count). The molecule has 1 amide bonds. The third-order valence-corrected chi connectivity index (χ3v) is 10.0. The van der Waals surface area contributed by atoms with E-state index in [2.05, 4.69) is 86.8 Å². The van der Waals surface area contributed by atoms with E-state index < -0.39 is 8.32 Å². The normalized spacial score (nSPS) is 18.2. The minimum absolute atomic E-state index is 0.0221. The van der Waals surface area contributed by atoms with Crippen molar-refractivity contribution in [2.75, 3.05) is 13.2 Å². The van der Waals surface area contributed by atoms with E-state index in [9.17, 15) is 4.79 Å². The van der Waals surface area contributed by atoms with Crippen LogP contribution in [-0.2, 0) is 9.22 Å². The molecule has 0 spiro atoms. The van der Waals surface area contributed by atoms with Gasteiger partial charge >= 0.3 is 0 Å². The second-order valence-corrected chi connectivity index (χ2v) is 12.2. The van der Waals surface area contributed by atoms with Crippen LogP contribution in [0.4, 0.5) is 0 Å². The summed E-state index contributed by atoms with van der Waals surface area (Å²) in [4.78, 5) is 11.6. The molecule has 0 bridgehead atoms. The number of carbonyl (C=O) groups excluding carboxylic acids is 1. The van der Waals surface area contributed by atoms with Gasteiger partial charge in [0.2, 0.25) is 5.91 Å². The summed E-state index contributed by atoms with van der Waals surface area (Å²) < 4.78 is 6.85. The summed E-state index contributed by atoms with van der Waals surface area (Å²) in [5.74, 6) is 0.394. The molecule has 132 valence electrons. The summed E-state index contributed by atoms with van der Waals surface area (Å²) >= 11 is 0. The Labute approximate surface area is 151 Å². The molecular formula is C21H27NO2Si. The van der Waals surface area contributed by atoms with Crippen molar-refractivity contribution in [2.24, 2.45) is 5.92 Å². The van der Waals surface area contributed by atoms with E-state index in [1.807, 2.05) is 0 Å². The van der Waals surface area contributed by atoms with Gasteiger partial charge in [0.05, 0.1) is 0 Å². The van der Waals surface area contributed by atoms with Gasteiger partial charge in [-0.3, -0.25) is 4.79 Å². The molecular weight excluding hydrogens is 326 g/mol. The van der Waals surface area contributed by atoms with Gasteiger partial charge in [-0.15, -0.1) is 0 Å². The first-order valence-corrected chi connectivity index (χ1v) is 10.9. The first-order valence-electron chi connectivity index (χ1n) is 8.95. The van der Waals surface area contributed by atoms with Gasteiger partial charge in [-0.2, -0.15) is 0 Å². The van der Waals surface area contributed by atoms with Gasteiger partial charge < -0.3 is 9.74 Å². The Morgan fingerprint density at radius 3 is 1.92 bits per heavy atom. The quantitative estimate of drug-likeness (QED) is 0.840. The van der Waals surface area contributed by atoms with Crippen molar-refractivity contribution in [3.05, 3.63) is 60.7 Å². The third-order valence-electron chi connectivity index (χ3n) is 5.01. The molecule has 1 heterocycles. The molecule has 1 aliphatic rings. The monoisotopic (exact) mass is 353 g/mol. The fourth-order valence-corrected chi connectivity index (χ4v) is 8.43. The maximum atomic E-state index is 11.6. The predicted molar refractivity (Wildman–Crippen MR) is 105 cm³/mol. The standard InChI is InChI=1S/C21H27NO2Si/c1-21(2,3)25(18-10-6-4-7-11-18,19-12-8-5-9-13-19)24-16-17-14-20(23)22-15-17/h4-13,17H,14-16H2,1-3H3,(H,22,23). The summed E-state index contributed by atoms with van der Waals surface area (Å²) in [6.07, 6.45) is 0.568. The molecule has 3 nitrogen and oxygen atoms in total. The molecule has 1 fully saturated rings. The maximum absolute atomic E-state index is 11.6. The maximum Gasteiger partial charge on any atom is 0.261 e. The van der Waals surface area contributed by atoms with E-state index in [-0.39, 0.29) is 16.9 Å². The van der Waals surface area contributed by atoms with Crippen LogP contribution < -0.4 is 15.7 Å². The molecule has 1 atom stereocenters. The van der Waals surface area contributed by atoms with Gasteiger partial charge in [-0.05, 0) is 15.4 Å². The van der Waals surface area contributed by atoms with Crippen LogP contribution in [0.2, 0.25) is 5.04 Å². The van der Waals surface area contributed by atoms with Crippen LogP contribution in [0.1, 0.15) is 27.2 Å². The number of hydrogen-bond acceptors (Lipinski definition) is 2. The molecule has 0 saturated carbocycles. The lowest BCUT2D eigenvalue weighted by Gasteiger charge is -2.43. The molecule has 25 heavy (non-hydrogen) atoms. The molecule has 0 aliphatic carbocycles. The Kier molecular flexibility index (Phi) is 5.11. The molecule has 2 aromatic carbocycles. The summed E-state index contributed by atoms with van der Waals surface area (Å²) in [6.45, 7) is 8.16. The lowest BCUT2D eigenvalue weighted by molar-refractivity contribution is -0.119. The largest absolute Gasteiger partial charge is 0.407 e. The Bertz CT molecular complexity index is 670. The van der Waals surface area contributed by atoms with E-state index >= 15 is 0 Å². The Balaban J connectivity index is 2.04. The smallest absolute Gasteiger partial charge is 0.261 e. The number of nitrogens with one attached hydrogen (secondary N) is 1. The Morgan fingerprint density at radius 2 is 1.52 bits per heavy atom. The lowest BCUT2D eigenvalue weighted by Crippen LogP contribution is -2.66. The van der Waals surface area contributed by atoms with Gasteiger partial charge in [0.1, 0.15) is 0 Å². The van der Waals surface area contributed by atoms with Gasteiger partial charge in [0, 0.05) is 25.5 Å². The van der Waals surface area contributed by atoms with E-state index in [4.69, 9.17) is 4.43 Å². The van der Waals surface area contributed by atoms with Crippen LogP contribution in [0.3, 0.4) is 0 Å². The Morgan fingerprint density at radius 1 is 1.00 bits per heavy atom. The zero-order chi connectivity index (χ0) is 17.9. The number of carbonyl (C=O) groups is 1. The molecule has 1 aliphatic heterocycles. The number of benzene rings is 2. The van der Waals surface area contributed by atoms with Crippen LogP contribution in [-0.4, -0.2) is 27.4 Å². The van der Waals surface area contributed by atoms with E-state index in [0.29, 0.717) is 13.0 Å². The van der Waals surface area contributed by atoms with Crippen molar-refractivity contribution in [1.29, 1.82) is 0 Å². The number of rotatable bonds is 5. The lowest BCUT2D eigenvalue weighted by atomic mass is 10.1. The van der Waals surface area contributed by atoms with Crippen LogP contribution in [0.5, 0.6) is 0 Å². The zero-order valence-electron chi connectivity index (χ0n) is 15.3. The van der Waals surface area contributed by atoms with Gasteiger partial charge in [-0.25, -0.2) is 0 Å². The highest BCUT2D eigenvalue weighted by molar-refractivity contribution is 6.99. The topological polar surface area (TPSA) is 38.3 Å². The molecule has 1 unspecified atom stereocenters. The van der Waals surface area contributed by atoms with E-state index in [0.717, 1.165) is 6.54 Å². The second kappa shape index (κ2) is 7.14. The number of amides is 1. The number of hydrogen-bond donors (Lipinski definition) is 1. The fraction of sp³-hybridized carbons (Fsp3) is 0.381. The average molecular weight is 354 g/mol. The molecule has 0 radical (unpaired) electrons. The highest BCUT2D eigenvalue weighted by Gasteiger charge is 2.50. The van der Waals surface area contributed by atoms with E-state index in [1.165, 1.54) is 10.4 Å². The molecule has 2 aromatic rings. The fourth-order valence-electron chi connectivity index (χ4n) is 3.79. The second-order valence-electron chi connectivity index (χ2n) is 7.85. The van der Waals surface area contributed by atoms with Crippen LogP contribution in [0.25, 0.3) is 0 Å². The summed E-state index contributed by atoms with van der Waals surface area (Å²) in [7, 11) is -2.48. The third kappa shape index (κ3) is 3.55. The highest BCUT2D eigenvalue weighted by Crippen LogP contribution is 2.37. The van der Waals surface area contributed by atoms with Crippen molar-refractivity contribution in [3.63, 3.8) is 0 Å². The molecule has 1 saturated heterocycles. The van der Waals surface area contributed by atoms with Crippen molar-refractivity contribution in [2.45, 2.75) is 32.2 Å². The van der Waals surface area contributed by atoms with Crippen molar-refractivity contribution in [3.8, 4) is 0 Å². The van der Waals surface area contributed by atoms with E-state index in [1.54, 1.807) is 0 Å². The van der Waals surface area contributed by atoms with Gasteiger partial charge in [0.15, 0.2) is 0 Å². The summed E-state index contributed by atoms with van der Waals surface area (Å²) in [5.41, 5.74) is 0. The Hall–Kier alpha value is -1.91. The van der Waals surface area contributed by atoms with Gasteiger partial charge in [-0.1, -0.05) is 81.4 Å². The minimum Gasteiger partial charge on any atom is -0.407 e. The van der Waals surface area contributed by atoms with Crippen molar-refractivity contribution >= 4 is 24.6 Å². The van der Waals surface area contributed by atoms with Gasteiger partial charge in [0.25, 0.3) is 8.32 Å². The summed E-state index contributed by atoms with van der Waals surface area (Å²) in [5, 5.41) is 5.47. The van der Waals surface area contributed by atoms with Crippen LogP contribution in [0.15, 0.2) is 60.7 Å². The summed E-state index contributed by atoms with van der Waals surface area (Å²) in [6, 6.07) is 21.3. The first kappa shape index (κ1) is 17.9. The van der Waals surface area contributed by atoms with Crippen molar-refractivity contribution in [1.82, 2.24) is 5.32 Å². The molecule has 4 heteroatoms. The van der Waals surface area contributed by atoms with Crippen LogP contribution >= 0.6 is 0 Å². The zero-order valence-corrected chi connectivity index (χ0v) is 16.3. The predicted octanol–water partition coefficient (Wildman–Crippen LogP) is 2.70. The van der Waals surface area contributed by atoms with Crippen molar-refractivity contribution < 1.29 is 9.22 Å². The molecule has 1 N–H and O–H groups in total. The van der Waals surface area contributed by atoms with Crippen LogP contribution in [0, 0.1) is 5.92 Å². The SMILES string of the molecule is CC(C)(C)[Si](OCC1CNC(=O)C1)(c1ccccc1)c1ccccc1.